The molecule has 0 aliphatic carbocycles. The van der Waals surface area contributed by atoms with E-state index in [1.54, 1.807) is 17.5 Å². The molecule has 0 aromatic carbocycles. The Labute approximate surface area is 140 Å². The number of hydrogen-bond acceptors (Lipinski definition) is 6. The lowest BCUT2D eigenvalue weighted by atomic mass is 10.3. The first-order valence-corrected chi connectivity index (χ1v) is 8.79. The van der Waals surface area contributed by atoms with Crippen molar-refractivity contribution in [3.8, 4) is 11.5 Å². The number of anilines is 1. The van der Waals surface area contributed by atoms with Crippen molar-refractivity contribution in [1.29, 1.82) is 0 Å². The average molecular weight is 328 g/mol. The molecular weight excluding hydrogens is 308 g/mol. The SMILES string of the molecule is CC.c1ccc(-c2nc(N3CCOCC3)c3ccsc3n2)nc1. The molecule has 0 N–H and O–H groups in total. The fraction of sp³-hybridized carbons (Fsp3) is 0.353. The fourth-order valence-electron chi connectivity index (χ4n) is 2.47. The number of rotatable bonds is 2. The number of hydrogen-bond donors (Lipinski definition) is 0. The maximum absolute atomic E-state index is 5.43. The van der Waals surface area contributed by atoms with E-state index in [0.29, 0.717) is 5.82 Å². The summed E-state index contributed by atoms with van der Waals surface area (Å²) < 4.78 is 5.43. The monoisotopic (exact) mass is 328 g/mol. The van der Waals surface area contributed by atoms with E-state index < -0.39 is 0 Å². The molecule has 4 heterocycles. The summed E-state index contributed by atoms with van der Waals surface area (Å²) in [6.07, 6.45) is 1.77. The minimum atomic E-state index is 0.687. The van der Waals surface area contributed by atoms with Gasteiger partial charge in [-0.05, 0) is 23.6 Å². The summed E-state index contributed by atoms with van der Waals surface area (Å²) >= 11 is 1.64. The summed E-state index contributed by atoms with van der Waals surface area (Å²) in [5.74, 6) is 1.68. The molecule has 0 spiro atoms. The average Bonchev–Trinajstić information content (AvgIpc) is 3.13. The molecule has 1 aliphatic rings. The van der Waals surface area contributed by atoms with Crippen LogP contribution >= 0.6 is 11.3 Å². The minimum Gasteiger partial charge on any atom is -0.378 e. The first kappa shape index (κ1) is 15.8. The third-order valence-corrected chi connectivity index (χ3v) is 4.32. The summed E-state index contributed by atoms with van der Waals surface area (Å²) in [4.78, 5) is 17.1. The zero-order chi connectivity index (χ0) is 16.1. The van der Waals surface area contributed by atoms with Crippen LogP contribution in [0.2, 0.25) is 0 Å². The van der Waals surface area contributed by atoms with Crippen molar-refractivity contribution < 1.29 is 4.74 Å². The molecule has 1 aliphatic heterocycles. The van der Waals surface area contributed by atoms with Crippen molar-refractivity contribution in [2.24, 2.45) is 0 Å². The maximum Gasteiger partial charge on any atom is 0.181 e. The fourth-order valence-corrected chi connectivity index (χ4v) is 3.22. The molecule has 0 bridgehead atoms. The quantitative estimate of drug-likeness (QED) is 0.719. The minimum absolute atomic E-state index is 0.687. The van der Waals surface area contributed by atoms with E-state index in [-0.39, 0.29) is 0 Å². The highest BCUT2D eigenvalue weighted by Crippen LogP contribution is 2.30. The van der Waals surface area contributed by atoms with Crippen molar-refractivity contribution in [1.82, 2.24) is 15.0 Å². The van der Waals surface area contributed by atoms with Gasteiger partial charge in [0.05, 0.1) is 18.6 Å². The maximum atomic E-state index is 5.43. The van der Waals surface area contributed by atoms with Gasteiger partial charge in [0.15, 0.2) is 5.82 Å². The first-order valence-electron chi connectivity index (χ1n) is 7.91. The number of nitrogens with zero attached hydrogens (tertiary/aromatic N) is 4. The topological polar surface area (TPSA) is 51.1 Å². The van der Waals surface area contributed by atoms with Gasteiger partial charge in [-0.2, -0.15) is 0 Å². The van der Waals surface area contributed by atoms with Crippen molar-refractivity contribution in [2.45, 2.75) is 13.8 Å². The van der Waals surface area contributed by atoms with E-state index in [1.807, 2.05) is 32.0 Å². The number of aromatic nitrogens is 3. The van der Waals surface area contributed by atoms with Crippen LogP contribution in [-0.2, 0) is 4.74 Å². The first-order chi connectivity index (χ1) is 11.4. The Balaban J connectivity index is 0.000000753. The molecule has 6 heteroatoms. The predicted octanol–water partition coefficient (Wildman–Crippen LogP) is 3.62. The molecule has 4 rings (SSSR count). The summed E-state index contributed by atoms with van der Waals surface area (Å²) in [5.41, 5.74) is 0.808. The van der Waals surface area contributed by atoms with E-state index in [4.69, 9.17) is 9.72 Å². The van der Waals surface area contributed by atoms with Crippen molar-refractivity contribution >= 4 is 27.4 Å². The summed E-state index contributed by atoms with van der Waals surface area (Å²) in [5, 5.41) is 3.17. The van der Waals surface area contributed by atoms with E-state index in [0.717, 1.165) is 48.0 Å². The Kier molecular flexibility index (Phi) is 5.15. The molecule has 0 unspecified atom stereocenters. The van der Waals surface area contributed by atoms with Gasteiger partial charge in [0.25, 0.3) is 0 Å². The van der Waals surface area contributed by atoms with Crippen LogP contribution < -0.4 is 4.90 Å². The molecule has 0 saturated carbocycles. The summed E-state index contributed by atoms with van der Waals surface area (Å²) in [7, 11) is 0. The van der Waals surface area contributed by atoms with Crippen LogP contribution in [0.15, 0.2) is 35.8 Å². The number of thiophene rings is 1. The molecule has 1 fully saturated rings. The predicted molar refractivity (Wildman–Crippen MR) is 95.0 cm³/mol. The van der Waals surface area contributed by atoms with Gasteiger partial charge in [-0.1, -0.05) is 19.9 Å². The Morgan fingerprint density at radius 2 is 1.91 bits per heavy atom. The van der Waals surface area contributed by atoms with Crippen LogP contribution in [0.5, 0.6) is 0 Å². The number of pyridine rings is 1. The third-order valence-electron chi connectivity index (χ3n) is 3.51. The molecule has 0 amide bonds. The number of ether oxygens (including phenoxy) is 1. The molecule has 23 heavy (non-hydrogen) atoms. The van der Waals surface area contributed by atoms with Crippen LogP contribution in [0.4, 0.5) is 5.82 Å². The molecular formula is C17H20N4OS. The Morgan fingerprint density at radius 1 is 1.09 bits per heavy atom. The second kappa shape index (κ2) is 7.48. The van der Waals surface area contributed by atoms with Gasteiger partial charge in [-0.25, -0.2) is 9.97 Å². The van der Waals surface area contributed by atoms with Gasteiger partial charge in [-0.15, -0.1) is 11.3 Å². The van der Waals surface area contributed by atoms with E-state index >= 15 is 0 Å². The lowest BCUT2D eigenvalue weighted by Gasteiger charge is -2.28. The molecule has 0 radical (unpaired) electrons. The molecule has 120 valence electrons. The Bertz CT molecular complexity index is 754. The van der Waals surface area contributed by atoms with Crippen molar-refractivity contribution in [3.63, 3.8) is 0 Å². The highest BCUT2D eigenvalue weighted by molar-refractivity contribution is 7.16. The van der Waals surface area contributed by atoms with E-state index in [9.17, 15) is 0 Å². The molecule has 5 nitrogen and oxygen atoms in total. The van der Waals surface area contributed by atoms with Crippen LogP contribution in [0.3, 0.4) is 0 Å². The highest BCUT2D eigenvalue weighted by atomic mass is 32.1. The van der Waals surface area contributed by atoms with E-state index in [2.05, 4.69) is 26.3 Å². The molecule has 3 aromatic heterocycles. The van der Waals surface area contributed by atoms with Gasteiger partial charge in [-0.3, -0.25) is 4.98 Å². The largest absolute Gasteiger partial charge is 0.378 e. The van der Waals surface area contributed by atoms with Crippen LogP contribution in [-0.4, -0.2) is 41.3 Å². The smallest absolute Gasteiger partial charge is 0.181 e. The highest BCUT2D eigenvalue weighted by Gasteiger charge is 2.18. The number of fused-ring (bicyclic) bond motifs is 1. The van der Waals surface area contributed by atoms with Crippen LogP contribution in [0.1, 0.15) is 13.8 Å². The van der Waals surface area contributed by atoms with Gasteiger partial charge >= 0.3 is 0 Å². The zero-order valence-corrected chi connectivity index (χ0v) is 14.2. The van der Waals surface area contributed by atoms with Gasteiger partial charge < -0.3 is 9.64 Å². The summed E-state index contributed by atoms with van der Waals surface area (Å²) in [6.45, 7) is 7.22. The lowest BCUT2D eigenvalue weighted by Crippen LogP contribution is -2.37. The molecule has 0 atom stereocenters. The second-order valence-electron chi connectivity index (χ2n) is 4.82. The van der Waals surface area contributed by atoms with Crippen molar-refractivity contribution in [2.75, 3.05) is 31.2 Å². The van der Waals surface area contributed by atoms with E-state index in [1.165, 1.54) is 0 Å². The molecule has 1 saturated heterocycles. The lowest BCUT2D eigenvalue weighted by molar-refractivity contribution is 0.122. The summed E-state index contributed by atoms with van der Waals surface area (Å²) in [6, 6.07) is 7.89. The van der Waals surface area contributed by atoms with Crippen molar-refractivity contribution in [3.05, 3.63) is 35.8 Å². The number of morpholine rings is 1. The Hall–Kier alpha value is -2.05. The van der Waals surface area contributed by atoms with Gasteiger partial charge in [0.2, 0.25) is 0 Å². The normalized spacial score (nSPS) is 14.4. The third kappa shape index (κ3) is 3.33. The second-order valence-corrected chi connectivity index (χ2v) is 5.72. The van der Waals surface area contributed by atoms with Gasteiger partial charge in [0, 0.05) is 19.3 Å². The molecule has 3 aromatic rings. The Morgan fingerprint density at radius 3 is 2.65 bits per heavy atom. The van der Waals surface area contributed by atoms with Crippen LogP contribution in [0.25, 0.3) is 21.7 Å². The standard InChI is InChI=1S/C15H14N4OS.C2H6/c1-2-5-16-12(3-1)13-17-14(19-6-8-20-9-7-19)11-4-10-21-15(11)18-13;1-2/h1-5,10H,6-9H2;1-2H3. The zero-order valence-electron chi connectivity index (χ0n) is 13.4. The van der Waals surface area contributed by atoms with Crippen LogP contribution in [0, 0.1) is 0 Å². The van der Waals surface area contributed by atoms with Gasteiger partial charge in [0.1, 0.15) is 16.3 Å².